The largest absolute Gasteiger partial charge is 0.481 e. The number of aliphatic carboxylic acids is 1. The van der Waals surface area contributed by atoms with Crippen LogP contribution in [0.15, 0.2) is 60.7 Å². The number of nitrogens with one attached hydrogen (secondary N) is 2. The summed E-state index contributed by atoms with van der Waals surface area (Å²) in [5.41, 5.74) is 3.93. The molecule has 158 valence electrons. The summed E-state index contributed by atoms with van der Waals surface area (Å²) < 4.78 is 12.3. The lowest BCUT2D eigenvalue weighted by Gasteiger charge is -2.36. The zero-order valence-corrected chi connectivity index (χ0v) is 17.4. The predicted molar refractivity (Wildman–Crippen MR) is 117 cm³/mol. The van der Waals surface area contributed by atoms with Crippen LogP contribution in [0.5, 0.6) is 11.5 Å². The molecule has 3 N–H and O–H groups in total. The Labute approximate surface area is 179 Å². The van der Waals surface area contributed by atoms with Gasteiger partial charge < -0.3 is 25.2 Å². The van der Waals surface area contributed by atoms with Crippen LogP contribution in [0, 0.1) is 0 Å². The molecule has 0 aromatic heterocycles. The van der Waals surface area contributed by atoms with Crippen molar-refractivity contribution in [3.8, 4) is 11.5 Å². The number of carbonyl (C=O) groups is 2. The average molecular weight is 418 g/mol. The molecule has 31 heavy (non-hydrogen) atoms. The molecule has 7 nitrogen and oxygen atoms in total. The molecule has 2 heterocycles. The second-order valence-corrected chi connectivity index (χ2v) is 7.16. The number of carboxylic acid groups (broad SMARTS) is 1. The molecule has 2 aliphatic heterocycles. The van der Waals surface area contributed by atoms with E-state index < -0.39 is 11.6 Å². The van der Waals surface area contributed by atoms with E-state index in [4.69, 9.17) is 19.4 Å². The summed E-state index contributed by atoms with van der Waals surface area (Å²) in [5.74, 6) is 0.194. The molecule has 0 fully saturated rings. The Bertz CT molecular complexity index is 1130. The third-order valence-corrected chi connectivity index (χ3v) is 5.29. The topological polar surface area (TPSA) is 96.9 Å². The molecule has 0 saturated heterocycles. The molecule has 3 aromatic carbocycles. The number of ether oxygens (including phenoxy) is 2. The van der Waals surface area contributed by atoms with Crippen LogP contribution < -0.4 is 15.4 Å². The van der Waals surface area contributed by atoms with Gasteiger partial charge in [-0.3, -0.25) is 4.79 Å². The summed E-state index contributed by atoms with van der Waals surface area (Å²) in [4.78, 5) is 21.7. The molecule has 0 atom stereocenters. The molecule has 0 bridgehead atoms. The van der Waals surface area contributed by atoms with Gasteiger partial charge in [-0.05, 0) is 30.3 Å². The number of hydrogen-bond acceptors (Lipinski definition) is 6. The fourth-order valence-electron chi connectivity index (χ4n) is 3.99. The molecule has 0 radical (unpaired) electrons. The van der Waals surface area contributed by atoms with Gasteiger partial charge in [0, 0.05) is 61.2 Å². The second kappa shape index (κ2) is 7.68. The molecular weight excluding hydrogens is 396 g/mol. The van der Waals surface area contributed by atoms with Crippen LogP contribution in [-0.4, -0.2) is 31.1 Å². The normalized spacial score (nSPS) is 14.1. The molecule has 5 rings (SSSR count). The minimum absolute atomic E-state index is 0.320. The molecule has 0 amide bonds. The van der Waals surface area contributed by atoms with Crippen molar-refractivity contribution in [3.63, 3.8) is 0 Å². The Kier molecular flexibility index (Phi) is 5.02. The van der Waals surface area contributed by atoms with Crippen LogP contribution in [0.3, 0.4) is 0 Å². The number of hydrogen-bond donors (Lipinski definition) is 3. The summed E-state index contributed by atoms with van der Waals surface area (Å²) >= 11 is 0. The molecule has 1 spiro atoms. The maximum absolute atomic E-state index is 12.7. The predicted octanol–water partition coefficient (Wildman–Crippen LogP) is 4.43. The Balaban J connectivity index is 0.000000535. The van der Waals surface area contributed by atoms with Gasteiger partial charge in [-0.25, -0.2) is 4.79 Å². The van der Waals surface area contributed by atoms with E-state index >= 15 is 0 Å². The zero-order valence-electron chi connectivity index (χ0n) is 17.4. The zero-order chi connectivity index (χ0) is 22.2. The summed E-state index contributed by atoms with van der Waals surface area (Å²) in [7, 11) is 3.72. The lowest BCUT2D eigenvalue weighted by Crippen LogP contribution is -2.33. The molecule has 0 aliphatic carbocycles. The molecule has 3 aromatic rings. The fraction of sp³-hybridized carbons (Fsp3) is 0.167. The van der Waals surface area contributed by atoms with E-state index in [0.717, 1.165) is 35.0 Å². The van der Waals surface area contributed by atoms with Crippen LogP contribution in [0.4, 0.5) is 11.4 Å². The van der Waals surface area contributed by atoms with Gasteiger partial charge in [0.05, 0.1) is 5.56 Å². The second-order valence-electron chi connectivity index (χ2n) is 7.16. The van der Waals surface area contributed by atoms with E-state index in [9.17, 15) is 4.79 Å². The van der Waals surface area contributed by atoms with Gasteiger partial charge in [-0.1, -0.05) is 18.2 Å². The van der Waals surface area contributed by atoms with Crippen LogP contribution in [0.1, 0.15) is 34.0 Å². The Morgan fingerprint density at radius 3 is 1.90 bits per heavy atom. The highest BCUT2D eigenvalue weighted by Crippen LogP contribution is 2.56. The van der Waals surface area contributed by atoms with Crippen molar-refractivity contribution in [3.05, 3.63) is 82.9 Å². The number of rotatable bonds is 2. The van der Waals surface area contributed by atoms with E-state index in [0.29, 0.717) is 17.1 Å². The summed E-state index contributed by atoms with van der Waals surface area (Å²) in [6.07, 6.45) is 0. The van der Waals surface area contributed by atoms with E-state index in [1.807, 2.05) is 74.8 Å². The van der Waals surface area contributed by atoms with Crippen molar-refractivity contribution in [1.82, 2.24) is 0 Å². The van der Waals surface area contributed by atoms with Crippen molar-refractivity contribution >= 4 is 23.3 Å². The van der Waals surface area contributed by atoms with E-state index in [-0.39, 0.29) is 5.97 Å². The lowest BCUT2D eigenvalue weighted by molar-refractivity contribution is -0.134. The van der Waals surface area contributed by atoms with E-state index in [2.05, 4.69) is 10.6 Å². The first-order chi connectivity index (χ1) is 14.9. The number of benzene rings is 3. The van der Waals surface area contributed by atoms with Crippen molar-refractivity contribution in [2.75, 3.05) is 24.7 Å². The molecule has 0 unspecified atom stereocenters. The Hall–Kier alpha value is -4.00. The number of carboxylic acids is 1. The highest BCUT2D eigenvalue weighted by molar-refractivity contribution is 5.97. The van der Waals surface area contributed by atoms with Gasteiger partial charge in [-0.15, -0.1) is 0 Å². The fourth-order valence-corrected chi connectivity index (χ4v) is 3.99. The smallest absolute Gasteiger partial charge is 0.340 e. The number of carbonyl (C=O) groups excluding carboxylic acids is 1. The van der Waals surface area contributed by atoms with Crippen LogP contribution in [-0.2, 0) is 15.1 Å². The van der Waals surface area contributed by atoms with Crippen molar-refractivity contribution in [2.45, 2.75) is 12.5 Å². The standard InChI is InChI=1S/C22H18N2O3.C2H4O2/c1-23-13-7-9-17-19(11-13)26-20-12-14(24-2)8-10-18(20)22(17)16-6-4-3-5-15(16)21(25)27-22;1-2(3)4/h3-12,23-24H,1-2H3;1H3,(H,3,4). The van der Waals surface area contributed by atoms with Crippen molar-refractivity contribution in [2.24, 2.45) is 0 Å². The third-order valence-electron chi connectivity index (χ3n) is 5.29. The minimum Gasteiger partial charge on any atom is -0.481 e. The average Bonchev–Trinajstić information content (AvgIpc) is 3.06. The van der Waals surface area contributed by atoms with Crippen LogP contribution in [0.25, 0.3) is 0 Å². The van der Waals surface area contributed by atoms with Crippen LogP contribution in [0.2, 0.25) is 0 Å². The molecular formula is C24H22N2O5. The highest BCUT2D eigenvalue weighted by Gasteiger charge is 2.53. The van der Waals surface area contributed by atoms with Gasteiger partial charge in [0.25, 0.3) is 5.97 Å². The number of esters is 1. The number of fused-ring (bicyclic) bond motifs is 6. The van der Waals surface area contributed by atoms with Gasteiger partial charge in [0.1, 0.15) is 11.5 Å². The molecule has 0 saturated carbocycles. The van der Waals surface area contributed by atoms with Gasteiger partial charge in [0.2, 0.25) is 0 Å². The summed E-state index contributed by atoms with van der Waals surface area (Å²) in [5, 5.41) is 13.7. The number of anilines is 2. The lowest BCUT2D eigenvalue weighted by atomic mass is 9.77. The monoisotopic (exact) mass is 418 g/mol. The SMILES string of the molecule is CC(=O)O.CNc1ccc2c(c1)Oc1cc(NC)ccc1C21OC(=O)c2ccccc21. The first-order valence-electron chi connectivity index (χ1n) is 9.75. The first kappa shape index (κ1) is 20.3. The van der Waals surface area contributed by atoms with Crippen molar-refractivity contribution < 1.29 is 24.2 Å². The van der Waals surface area contributed by atoms with Gasteiger partial charge in [0.15, 0.2) is 5.60 Å². The summed E-state index contributed by atoms with van der Waals surface area (Å²) in [6.45, 7) is 1.08. The molecule has 2 aliphatic rings. The maximum atomic E-state index is 12.7. The third kappa shape index (κ3) is 3.24. The summed E-state index contributed by atoms with van der Waals surface area (Å²) in [6, 6.07) is 19.3. The van der Waals surface area contributed by atoms with E-state index in [1.165, 1.54) is 0 Å². The van der Waals surface area contributed by atoms with Gasteiger partial charge >= 0.3 is 5.97 Å². The minimum atomic E-state index is -1.00. The van der Waals surface area contributed by atoms with Crippen molar-refractivity contribution in [1.29, 1.82) is 0 Å². The van der Waals surface area contributed by atoms with Gasteiger partial charge in [-0.2, -0.15) is 0 Å². The Morgan fingerprint density at radius 1 is 0.871 bits per heavy atom. The first-order valence-corrected chi connectivity index (χ1v) is 9.75. The highest BCUT2D eigenvalue weighted by atomic mass is 16.6. The van der Waals surface area contributed by atoms with E-state index in [1.54, 1.807) is 0 Å². The molecule has 7 heteroatoms. The van der Waals surface area contributed by atoms with Crippen LogP contribution >= 0.6 is 0 Å². The quantitative estimate of drug-likeness (QED) is 0.530. The Morgan fingerprint density at radius 2 is 1.39 bits per heavy atom. The maximum Gasteiger partial charge on any atom is 0.340 e.